The molecule has 0 amide bonds. The number of aliphatic hydroxyl groups excluding tert-OH is 1. The van der Waals surface area contributed by atoms with Crippen molar-refractivity contribution in [2.75, 3.05) is 0 Å². The second-order valence-corrected chi connectivity index (χ2v) is 14.7. The minimum absolute atomic E-state index is 0.0252. The number of hydrogen-bond donors (Lipinski definition) is 2. The molecule has 0 saturated heterocycles. The molecule has 0 spiro atoms. The van der Waals surface area contributed by atoms with Gasteiger partial charge in [0.2, 0.25) is 0 Å². The van der Waals surface area contributed by atoms with Crippen molar-refractivity contribution >= 4 is 5.97 Å². The second kappa shape index (κ2) is 8.35. The molecule has 0 radical (unpaired) electrons. The predicted octanol–water partition coefficient (Wildman–Crippen LogP) is 7.87. The fourth-order valence-electron chi connectivity index (χ4n) is 10.3. The highest BCUT2D eigenvalue weighted by atomic mass is 16.4. The molecule has 3 nitrogen and oxygen atoms in total. The molecule has 34 heavy (non-hydrogen) atoms. The van der Waals surface area contributed by atoms with Crippen molar-refractivity contribution in [2.45, 2.75) is 125 Å². The summed E-state index contributed by atoms with van der Waals surface area (Å²) in [6.07, 6.45) is 11.2. The van der Waals surface area contributed by atoms with Gasteiger partial charge in [-0.3, -0.25) is 4.79 Å². The Morgan fingerprint density at radius 2 is 1.59 bits per heavy atom. The number of rotatable bonds is 5. The van der Waals surface area contributed by atoms with Gasteiger partial charge < -0.3 is 10.2 Å². The van der Waals surface area contributed by atoms with Crippen LogP contribution in [0.1, 0.15) is 119 Å². The minimum Gasteiger partial charge on any atom is -0.481 e. The zero-order valence-electron chi connectivity index (χ0n) is 23.2. The minimum atomic E-state index is -0.580. The molecule has 3 heteroatoms. The molecule has 0 aliphatic heterocycles. The van der Waals surface area contributed by atoms with E-state index in [2.05, 4.69) is 55.0 Å². The second-order valence-electron chi connectivity index (χ2n) is 14.7. The number of aliphatic hydroxyl groups is 1. The van der Waals surface area contributed by atoms with Crippen LogP contribution in [0.2, 0.25) is 0 Å². The number of carboxylic acids is 1. The summed E-state index contributed by atoms with van der Waals surface area (Å²) in [6, 6.07) is 0. The van der Waals surface area contributed by atoms with Crippen molar-refractivity contribution in [3.63, 3.8) is 0 Å². The average molecular weight is 473 g/mol. The van der Waals surface area contributed by atoms with Gasteiger partial charge in [-0.25, -0.2) is 0 Å². The summed E-state index contributed by atoms with van der Waals surface area (Å²) in [5.41, 5.74) is 1.19. The van der Waals surface area contributed by atoms with E-state index in [1.807, 2.05) is 0 Å². The molecule has 4 rings (SSSR count). The van der Waals surface area contributed by atoms with E-state index in [0.29, 0.717) is 23.7 Å². The van der Waals surface area contributed by atoms with Gasteiger partial charge in [-0.05, 0) is 123 Å². The van der Waals surface area contributed by atoms with Crippen molar-refractivity contribution in [2.24, 2.45) is 50.7 Å². The summed E-state index contributed by atoms with van der Waals surface area (Å²) in [4.78, 5) is 12.6. The van der Waals surface area contributed by atoms with E-state index in [4.69, 9.17) is 0 Å². The zero-order valence-corrected chi connectivity index (χ0v) is 23.2. The fraction of sp³-hybridized carbons (Fsp3) is 0.903. The van der Waals surface area contributed by atoms with Crippen LogP contribution in [-0.4, -0.2) is 22.3 Å². The maximum Gasteiger partial charge on any atom is 0.309 e. The van der Waals surface area contributed by atoms with Crippen LogP contribution in [0.15, 0.2) is 12.2 Å². The van der Waals surface area contributed by atoms with Gasteiger partial charge in [-0.15, -0.1) is 0 Å². The molecule has 4 aliphatic carbocycles. The lowest BCUT2D eigenvalue weighted by Gasteiger charge is -2.70. The maximum atomic E-state index is 12.6. The lowest BCUT2D eigenvalue weighted by atomic mass is 9.35. The summed E-state index contributed by atoms with van der Waals surface area (Å²) in [6.45, 7) is 20.9. The first kappa shape index (κ1) is 26.2. The highest BCUT2D eigenvalue weighted by Crippen LogP contribution is 2.73. The van der Waals surface area contributed by atoms with Gasteiger partial charge in [0.05, 0.1) is 11.5 Å². The van der Waals surface area contributed by atoms with Gasteiger partial charge in [-0.1, -0.05) is 53.7 Å². The SMILES string of the molecule is C=C(C)[C@@H]1CC[C@@](CC[C@]2(C)[C@@H](C)CC[C@@H]3[C@@]4(C)CC[C@H](O)C(C)(C)[C@@H]4CC[C@]32C)(C(=O)O)C1. The van der Waals surface area contributed by atoms with Crippen LogP contribution in [0.4, 0.5) is 0 Å². The van der Waals surface area contributed by atoms with Crippen LogP contribution in [0, 0.1) is 50.7 Å². The third-order valence-electron chi connectivity index (χ3n) is 13.2. The molecule has 2 N–H and O–H groups in total. The fourth-order valence-corrected chi connectivity index (χ4v) is 10.3. The van der Waals surface area contributed by atoms with Crippen LogP contribution in [0.5, 0.6) is 0 Å². The quantitative estimate of drug-likeness (QED) is 0.400. The van der Waals surface area contributed by atoms with E-state index in [9.17, 15) is 15.0 Å². The Balaban J connectivity index is 1.64. The topological polar surface area (TPSA) is 57.5 Å². The van der Waals surface area contributed by atoms with E-state index >= 15 is 0 Å². The van der Waals surface area contributed by atoms with E-state index < -0.39 is 11.4 Å². The number of hydrogen-bond acceptors (Lipinski definition) is 2. The van der Waals surface area contributed by atoms with Crippen molar-refractivity contribution in [3.05, 3.63) is 12.2 Å². The molecule has 0 unspecified atom stereocenters. The Bertz CT molecular complexity index is 831. The largest absolute Gasteiger partial charge is 0.481 e. The van der Waals surface area contributed by atoms with E-state index in [-0.39, 0.29) is 27.8 Å². The van der Waals surface area contributed by atoms with Crippen molar-refractivity contribution in [1.82, 2.24) is 0 Å². The Hall–Kier alpha value is -0.830. The Morgan fingerprint density at radius 3 is 2.18 bits per heavy atom. The zero-order chi connectivity index (χ0) is 25.3. The van der Waals surface area contributed by atoms with Crippen LogP contribution in [-0.2, 0) is 4.79 Å². The normalized spacial score (nSPS) is 50.3. The lowest BCUT2D eigenvalue weighted by molar-refractivity contribution is -0.225. The van der Waals surface area contributed by atoms with Gasteiger partial charge in [0.15, 0.2) is 0 Å². The third kappa shape index (κ3) is 3.57. The van der Waals surface area contributed by atoms with Gasteiger partial charge in [0.1, 0.15) is 0 Å². The summed E-state index contributed by atoms with van der Waals surface area (Å²) >= 11 is 0. The number of carbonyl (C=O) groups is 1. The summed E-state index contributed by atoms with van der Waals surface area (Å²) in [5.74, 6) is 1.61. The van der Waals surface area contributed by atoms with Crippen LogP contribution >= 0.6 is 0 Å². The van der Waals surface area contributed by atoms with Gasteiger partial charge in [-0.2, -0.15) is 0 Å². The average Bonchev–Trinajstić information content (AvgIpc) is 3.20. The predicted molar refractivity (Wildman–Crippen MR) is 139 cm³/mol. The standard InChI is InChI=1S/C31H52O3/c1-20(2)22-11-16-31(19-22,26(33)34)18-17-29(7)21(3)9-10-24-28(6)14-13-25(32)27(4,5)23(28)12-15-30(24,29)8/h21-25,32H,1,9-19H2,2-8H3,(H,33,34)/t21-,22+,23-,24+,25-,28-,29+,30+,31-/m0/s1. The van der Waals surface area contributed by atoms with Gasteiger partial charge >= 0.3 is 5.97 Å². The first-order valence-electron chi connectivity index (χ1n) is 14.2. The number of aliphatic carboxylic acids is 1. The summed E-state index contributed by atoms with van der Waals surface area (Å²) in [7, 11) is 0. The molecule has 0 aromatic heterocycles. The highest BCUT2D eigenvalue weighted by Gasteiger charge is 2.66. The van der Waals surface area contributed by atoms with E-state index in [1.165, 1.54) is 25.7 Å². The number of fused-ring (bicyclic) bond motifs is 3. The Labute approximate surface area is 209 Å². The van der Waals surface area contributed by atoms with Crippen molar-refractivity contribution in [3.8, 4) is 0 Å². The molecule has 4 fully saturated rings. The molecule has 0 aromatic rings. The monoisotopic (exact) mass is 472 g/mol. The highest BCUT2D eigenvalue weighted by molar-refractivity contribution is 5.75. The van der Waals surface area contributed by atoms with Gasteiger partial charge in [0.25, 0.3) is 0 Å². The van der Waals surface area contributed by atoms with Crippen molar-refractivity contribution in [1.29, 1.82) is 0 Å². The molecule has 0 bridgehead atoms. The molecule has 194 valence electrons. The molecular weight excluding hydrogens is 420 g/mol. The molecular formula is C31H52O3. The van der Waals surface area contributed by atoms with E-state index in [0.717, 1.165) is 50.5 Å². The lowest BCUT2D eigenvalue weighted by Crippen LogP contribution is -2.64. The molecule has 4 saturated carbocycles. The van der Waals surface area contributed by atoms with Crippen LogP contribution in [0.25, 0.3) is 0 Å². The molecule has 9 atom stereocenters. The van der Waals surface area contributed by atoms with Gasteiger partial charge in [0, 0.05) is 0 Å². The summed E-state index contributed by atoms with van der Waals surface area (Å²) < 4.78 is 0. The first-order valence-corrected chi connectivity index (χ1v) is 14.2. The van der Waals surface area contributed by atoms with Crippen molar-refractivity contribution < 1.29 is 15.0 Å². The Morgan fingerprint density at radius 1 is 0.912 bits per heavy atom. The van der Waals surface area contributed by atoms with Crippen LogP contribution in [0.3, 0.4) is 0 Å². The Kier molecular flexibility index (Phi) is 6.45. The number of carboxylic acid groups (broad SMARTS) is 1. The first-order chi connectivity index (χ1) is 15.6. The van der Waals surface area contributed by atoms with E-state index in [1.54, 1.807) is 0 Å². The van der Waals surface area contributed by atoms with Crippen LogP contribution < -0.4 is 0 Å². The molecule has 4 aliphatic rings. The number of allylic oxidation sites excluding steroid dienone is 1. The summed E-state index contributed by atoms with van der Waals surface area (Å²) in [5, 5.41) is 21.2. The molecule has 0 heterocycles. The third-order valence-corrected chi connectivity index (χ3v) is 13.2. The molecule has 0 aromatic carbocycles. The smallest absolute Gasteiger partial charge is 0.309 e. The maximum absolute atomic E-state index is 12.6.